The van der Waals surface area contributed by atoms with Gasteiger partial charge in [0.15, 0.2) is 11.7 Å². The summed E-state index contributed by atoms with van der Waals surface area (Å²) in [6.45, 7) is 6.93. The minimum atomic E-state index is 0.0573. The van der Waals surface area contributed by atoms with Crippen LogP contribution in [0.25, 0.3) is 11.3 Å². The molecule has 1 aromatic heterocycles. The summed E-state index contributed by atoms with van der Waals surface area (Å²) in [5.74, 6) is 1.42. The third-order valence-corrected chi connectivity index (χ3v) is 4.65. The van der Waals surface area contributed by atoms with Crippen molar-refractivity contribution in [3.63, 3.8) is 0 Å². The molecule has 1 aliphatic rings. The Hall–Kier alpha value is -2.14. The number of aromatic nitrogens is 1. The lowest BCUT2D eigenvalue weighted by molar-refractivity contribution is -0.121. The number of hydrogen-bond acceptors (Lipinski definition) is 4. The summed E-state index contributed by atoms with van der Waals surface area (Å²) < 4.78 is 5.76. The van der Waals surface area contributed by atoms with Gasteiger partial charge in [0.05, 0.1) is 6.20 Å². The molecular weight excluding hydrogens is 314 g/mol. The minimum absolute atomic E-state index is 0.0573. The highest BCUT2D eigenvalue weighted by Gasteiger charge is 2.27. The Morgan fingerprint density at radius 3 is 2.76 bits per heavy atom. The minimum Gasteiger partial charge on any atom is -0.441 e. The Balaban J connectivity index is 1.41. The molecule has 0 aliphatic heterocycles. The quantitative estimate of drug-likeness (QED) is 0.761. The fourth-order valence-corrected chi connectivity index (χ4v) is 2.96. The molecule has 1 amide bonds. The number of carbonyl (C=O) groups excluding carboxylic acids is 1. The van der Waals surface area contributed by atoms with Crippen LogP contribution in [0.15, 0.2) is 34.9 Å². The molecule has 1 heterocycles. The van der Waals surface area contributed by atoms with Crippen LogP contribution in [-0.4, -0.2) is 41.5 Å². The van der Waals surface area contributed by atoms with Gasteiger partial charge in [-0.2, -0.15) is 0 Å². The van der Waals surface area contributed by atoms with Gasteiger partial charge in [-0.05, 0) is 26.3 Å². The number of aryl methyl sites for hydroxylation is 2. The smallest absolute Gasteiger partial charge is 0.220 e. The van der Waals surface area contributed by atoms with Crippen LogP contribution in [0.3, 0.4) is 0 Å². The van der Waals surface area contributed by atoms with Crippen LogP contribution < -0.4 is 5.32 Å². The number of benzene rings is 1. The topological polar surface area (TPSA) is 58.4 Å². The third kappa shape index (κ3) is 5.16. The molecule has 0 unspecified atom stereocenters. The molecule has 1 saturated carbocycles. The van der Waals surface area contributed by atoms with E-state index in [2.05, 4.69) is 29.0 Å². The maximum absolute atomic E-state index is 12.0. The predicted molar refractivity (Wildman–Crippen MR) is 98.3 cm³/mol. The average molecular weight is 341 g/mol. The standard InChI is InChI=1S/C20H27N3O2/c1-3-23(17-8-9-17)13-12-21-19(24)10-11-20-22-14-18(25-20)16-6-4-15(2)5-7-16/h4-7,14,17H,3,8-13H2,1-2H3,(H,21,24). The molecule has 25 heavy (non-hydrogen) atoms. The maximum atomic E-state index is 12.0. The summed E-state index contributed by atoms with van der Waals surface area (Å²) in [4.78, 5) is 18.7. The van der Waals surface area contributed by atoms with E-state index in [9.17, 15) is 4.79 Å². The number of hydrogen-bond donors (Lipinski definition) is 1. The zero-order valence-electron chi connectivity index (χ0n) is 15.1. The van der Waals surface area contributed by atoms with Crippen molar-refractivity contribution in [2.45, 2.75) is 45.6 Å². The average Bonchev–Trinajstić information content (AvgIpc) is 3.35. The third-order valence-electron chi connectivity index (χ3n) is 4.65. The number of nitrogens with one attached hydrogen (secondary N) is 1. The van der Waals surface area contributed by atoms with Crippen molar-refractivity contribution in [3.05, 3.63) is 41.9 Å². The molecule has 5 nitrogen and oxygen atoms in total. The molecule has 1 fully saturated rings. The predicted octanol–water partition coefficient (Wildman–Crippen LogP) is 3.18. The van der Waals surface area contributed by atoms with Crippen molar-refractivity contribution >= 4 is 5.91 Å². The monoisotopic (exact) mass is 341 g/mol. The molecule has 1 aromatic carbocycles. The van der Waals surface area contributed by atoms with Crippen LogP contribution >= 0.6 is 0 Å². The highest BCUT2D eigenvalue weighted by atomic mass is 16.4. The molecule has 1 aliphatic carbocycles. The molecule has 0 saturated heterocycles. The van der Waals surface area contributed by atoms with Crippen LogP contribution in [0.2, 0.25) is 0 Å². The van der Waals surface area contributed by atoms with E-state index in [-0.39, 0.29) is 5.91 Å². The second kappa shape index (κ2) is 8.30. The molecule has 0 bridgehead atoms. The zero-order chi connectivity index (χ0) is 17.6. The van der Waals surface area contributed by atoms with Gasteiger partial charge in [0.1, 0.15) is 0 Å². The van der Waals surface area contributed by atoms with Crippen molar-refractivity contribution in [3.8, 4) is 11.3 Å². The Morgan fingerprint density at radius 2 is 2.08 bits per heavy atom. The molecule has 0 atom stereocenters. The van der Waals surface area contributed by atoms with Gasteiger partial charge in [0.2, 0.25) is 5.91 Å². The number of rotatable bonds is 9. The fraction of sp³-hybridized carbons (Fsp3) is 0.500. The van der Waals surface area contributed by atoms with Gasteiger partial charge < -0.3 is 9.73 Å². The van der Waals surface area contributed by atoms with Gasteiger partial charge in [0.25, 0.3) is 0 Å². The van der Waals surface area contributed by atoms with E-state index in [0.717, 1.165) is 30.5 Å². The number of amides is 1. The lowest BCUT2D eigenvalue weighted by Crippen LogP contribution is -2.36. The Bertz CT molecular complexity index is 689. The van der Waals surface area contributed by atoms with Crippen molar-refractivity contribution in [1.82, 2.24) is 15.2 Å². The van der Waals surface area contributed by atoms with Crippen LogP contribution in [0.5, 0.6) is 0 Å². The van der Waals surface area contributed by atoms with Crippen LogP contribution in [0, 0.1) is 6.92 Å². The van der Waals surface area contributed by atoms with Crippen LogP contribution in [0.4, 0.5) is 0 Å². The largest absolute Gasteiger partial charge is 0.441 e. The van der Waals surface area contributed by atoms with Crippen molar-refractivity contribution in [2.24, 2.45) is 0 Å². The summed E-state index contributed by atoms with van der Waals surface area (Å²) in [6, 6.07) is 8.88. The number of carbonyl (C=O) groups is 1. The molecule has 0 spiro atoms. The van der Waals surface area contributed by atoms with E-state index >= 15 is 0 Å². The van der Waals surface area contributed by atoms with Gasteiger partial charge in [-0.25, -0.2) is 4.98 Å². The molecule has 134 valence electrons. The van der Waals surface area contributed by atoms with Crippen LogP contribution in [0.1, 0.15) is 37.6 Å². The van der Waals surface area contributed by atoms with E-state index in [1.807, 2.05) is 24.3 Å². The van der Waals surface area contributed by atoms with Crippen molar-refractivity contribution in [2.75, 3.05) is 19.6 Å². The molecule has 0 radical (unpaired) electrons. The van der Waals surface area contributed by atoms with E-state index in [4.69, 9.17) is 4.42 Å². The second-order valence-corrected chi connectivity index (χ2v) is 6.69. The molecule has 1 N–H and O–H groups in total. The van der Waals surface area contributed by atoms with Gasteiger partial charge in [0, 0.05) is 37.5 Å². The van der Waals surface area contributed by atoms with E-state index in [1.165, 1.54) is 18.4 Å². The Morgan fingerprint density at radius 1 is 1.32 bits per heavy atom. The summed E-state index contributed by atoms with van der Waals surface area (Å²) in [5.41, 5.74) is 2.22. The van der Waals surface area contributed by atoms with Gasteiger partial charge in [-0.15, -0.1) is 0 Å². The first-order valence-corrected chi connectivity index (χ1v) is 9.18. The Labute approximate surface area is 149 Å². The Kier molecular flexibility index (Phi) is 5.87. The fourth-order valence-electron chi connectivity index (χ4n) is 2.96. The van der Waals surface area contributed by atoms with E-state index in [0.29, 0.717) is 25.3 Å². The highest BCUT2D eigenvalue weighted by Crippen LogP contribution is 2.25. The molecular formula is C20H27N3O2. The first-order valence-electron chi connectivity index (χ1n) is 9.18. The van der Waals surface area contributed by atoms with Crippen molar-refractivity contribution in [1.29, 1.82) is 0 Å². The SMILES string of the molecule is CCN(CCNC(=O)CCc1ncc(-c2ccc(C)cc2)o1)C1CC1. The van der Waals surface area contributed by atoms with Gasteiger partial charge >= 0.3 is 0 Å². The number of oxazole rings is 1. The van der Waals surface area contributed by atoms with Crippen LogP contribution in [-0.2, 0) is 11.2 Å². The summed E-state index contributed by atoms with van der Waals surface area (Å²) in [5, 5.41) is 3.00. The summed E-state index contributed by atoms with van der Waals surface area (Å²) in [7, 11) is 0. The highest BCUT2D eigenvalue weighted by molar-refractivity contribution is 5.76. The molecule has 2 aromatic rings. The van der Waals surface area contributed by atoms with Crippen molar-refractivity contribution < 1.29 is 9.21 Å². The lowest BCUT2D eigenvalue weighted by Gasteiger charge is -2.19. The van der Waals surface area contributed by atoms with E-state index < -0.39 is 0 Å². The van der Waals surface area contributed by atoms with E-state index in [1.54, 1.807) is 6.20 Å². The normalized spacial score (nSPS) is 14.0. The molecule has 3 rings (SSSR count). The number of nitrogens with zero attached hydrogens (tertiary/aromatic N) is 2. The lowest BCUT2D eigenvalue weighted by atomic mass is 10.1. The number of likely N-dealkylation sites (N-methyl/N-ethyl adjacent to an activating group) is 1. The van der Waals surface area contributed by atoms with Gasteiger partial charge in [-0.3, -0.25) is 9.69 Å². The zero-order valence-corrected chi connectivity index (χ0v) is 15.1. The summed E-state index contributed by atoms with van der Waals surface area (Å²) in [6.07, 6.45) is 5.26. The first-order chi connectivity index (χ1) is 12.2. The maximum Gasteiger partial charge on any atom is 0.220 e. The first kappa shape index (κ1) is 17.7. The second-order valence-electron chi connectivity index (χ2n) is 6.69. The summed E-state index contributed by atoms with van der Waals surface area (Å²) >= 11 is 0. The van der Waals surface area contributed by atoms with Gasteiger partial charge in [-0.1, -0.05) is 36.8 Å². The molecule has 5 heteroatoms.